The highest BCUT2D eigenvalue weighted by molar-refractivity contribution is 5.98. The van der Waals surface area contributed by atoms with Crippen LogP contribution in [0, 0.1) is 0 Å². The second-order valence-electron chi connectivity index (χ2n) is 11.7. The first kappa shape index (κ1) is 33.4. The van der Waals surface area contributed by atoms with E-state index in [2.05, 4.69) is 22.0 Å². The van der Waals surface area contributed by atoms with Gasteiger partial charge in [0.15, 0.2) is 17.3 Å². The van der Waals surface area contributed by atoms with Crippen LogP contribution in [0.5, 0.6) is 11.5 Å². The highest BCUT2D eigenvalue weighted by Crippen LogP contribution is 2.31. The Kier molecular flexibility index (Phi) is 11.7. The van der Waals surface area contributed by atoms with Gasteiger partial charge in [-0.05, 0) is 56.7 Å². The molecule has 4 atom stereocenters. The summed E-state index contributed by atoms with van der Waals surface area (Å²) in [5.41, 5.74) is 0.625. The number of nitrogens with zero attached hydrogens (tertiary/aromatic N) is 1. The number of ether oxygens (including phenoxy) is 3. The van der Waals surface area contributed by atoms with Gasteiger partial charge in [0.25, 0.3) is 0 Å². The van der Waals surface area contributed by atoms with Crippen LogP contribution in [0.4, 0.5) is 0 Å². The smallest absolute Gasteiger partial charge is 0.245 e. The molecule has 2 heterocycles. The summed E-state index contributed by atoms with van der Waals surface area (Å²) in [6.45, 7) is 3.44. The number of aliphatic hydroxyl groups is 1. The largest absolute Gasteiger partial charge is 0.504 e. The number of rotatable bonds is 15. The number of hydrogen-bond acceptors (Lipinski definition) is 10. The van der Waals surface area contributed by atoms with Crippen LogP contribution in [-0.2, 0) is 35.1 Å². The van der Waals surface area contributed by atoms with Crippen molar-refractivity contribution in [2.24, 2.45) is 0 Å². The minimum absolute atomic E-state index is 0.0304. The Morgan fingerprint density at radius 3 is 2.34 bits per heavy atom. The molecule has 13 nitrogen and oxygen atoms in total. The van der Waals surface area contributed by atoms with Gasteiger partial charge in [-0.1, -0.05) is 17.7 Å². The Morgan fingerprint density at radius 1 is 1.02 bits per heavy atom. The first-order chi connectivity index (χ1) is 21.1. The van der Waals surface area contributed by atoms with Crippen LogP contribution >= 0.6 is 0 Å². The van der Waals surface area contributed by atoms with Crippen molar-refractivity contribution >= 4 is 23.5 Å². The highest BCUT2D eigenvalue weighted by atomic mass is 16.6. The molecule has 0 saturated carbocycles. The molecule has 1 aromatic rings. The number of carbonyl (C=O) groups is 4. The van der Waals surface area contributed by atoms with E-state index in [1.54, 1.807) is 13.0 Å². The van der Waals surface area contributed by atoms with E-state index in [0.717, 1.165) is 31.3 Å². The predicted molar refractivity (Wildman–Crippen MR) is 159 cm³/mol. The second kappa shape index (κ2) is 15.5. The van der Waals surface area contributed by atoms with Crippen LogP contribution in [0.15, 0.2) is 29.8 Å². The first-order valence-electron chi connectivity index (χ1n) is 15.1. The van der Waals surface area contributed by atoms with E-state index < -0.39 is 48.1 Å². The van der Waals surface area contributed by atoms with Gasteiger partial charge in [-0.15, -0.1) is 0 Å². The number of epoxide rings is 1. The topological polar surface area (TPSA) is 179 Å². The lowest BCUT2D eigenvalue weighted by atomic mass is 9.89. The number of allylic oxidation sites excluding steroid dienone is 1. The number of aromatic hydroxyl groups is 1. The van der Waals surface area contributed by atoms with Gasteiger partial charge >= 0.3 is 0 Å². The molecule has 0 bridgehead atoms. The lowest BCUT2D eigenvalue weighted by molar-refractivity contribution is -0.135. The zero-order chi connectivity index (χ0) is 31.7. The van der Waals surface area contributed by atoms with Gasteiger partial charge in [-0.25, -0.2) is 0 Å². The van der Waals surface area contributed by atoms with E-state index in [1.807, 2.05) is 4.90 Å². The predicted octanol–water partition coefficient (Wildman–Crippen LogP) is -0.0293. The number of ketones is 1. The van der Waals surface area contributed by atoms with Crippen molar-refractivity contribution in [1.29, 1.82) is 0 Å². The van der Waals surface area contributed by atoms with Crippen molar-refractivity contribution in [3.8, 4) is 11.5 Å². The van der Waals surface area contributed by atoms with Crippen molar-refractivity contribution in [2.45, 2.75) is 69.2 Å². The van der Waals surface area contributed by atoms with Crippen LogP contribution < -0.4 is 20.7 Å². The van der Waals surface area contributed by atoms with E-state index in [9.17, 15) is 29.4 Å². The summed E-state index contributed by atoms with van der Waals surface area (Å²) in [6, 6.07) is 1.22. The number of aliphatic hydroxyl groups excluding tert-OH is 1. The quantitative estimate of drug-likeness (QED) is 0.133. The third-order valence-corrected chi connectivity index (χ3v) is 8.20. The third-order valence-electron chi connectivity index (χ3n) is 8.20. The summed E-state index contributed by atoms with van der Waals surface area (Å²) in [6.07, 6.45) is 6.23. The van der Waals surface area contributed by atoms with E-state index in [0.29, 0.717) is 38.3 Å². The SMILES string of the molecule is COc1ccc(C[C@H](NC(=O)[C@H](CO)NC(=O)CN2CCOCC2)C(=O)N[C@@H](CC2=CCCCC2)C(=O)[C@@]2(C)CO2)cc1O. The minimum atomic E-state index is -1.31. The van der Waals surface area contributed by atoms with Crippen molar-refractivity contribution in [2.75, 3.05) is 53.2 Å². The molecule has 2 fully saturated rings. The van der Waals surface area contributed by atoms with Gasteiger partial charge in [-0.2, -0.15) is 0 Å². The number of nitrogens with one attached hydrogen (secondary N) is 3. The lowest BCUT2D eigenvalue weighted by Gasteiger charge is -2.28. The molecule has 1 aliphatic carbocycles. The fraction of sp³-hybridized carbons (Fsp3) is 0.613. The molecular formula is C31H44N4O9. The molecule has 0 aromatic heterocycles. The van der Waals surface area contributed by atoms with Gasteiger partial charge < -0.3 is 40.4 Å². The fourth-order valence-corrected chi connectivity index (χ4v) is 5.43. The molecular weight excluding hydrogens is 572 g/mol. The Hall–Kier alpha value is -3.52. The van der Waals surface area contributed by atoms with Gasteiger partial charge in [0.2, 0.25) is 17.7 Å². The van der Waals surface area contributed by atoms with Gasteiger partial charge in [0.1, 0.15) is 17.7 Å². The molecule has 13 heteroatoms. The number of phenols is 1. The molecule has 2 saturated heterocycles. The minimum Gasteiger partial charge on any atom is -0.504 e. The lowest BCUT2D eigenvalue weighted by Crippen LogP contribution is -2.58. The zero-order valence-corrected chi connectivity index (χ0v) is 25.4. The van der Waals surface area contributed by atoms with Gasteiger partial charge in [0.05, 0.1) is 46.1 Å². The number of hydrogen-bond donors (Lipinski definition) is 5. The number of methoxy groups -OCH3 is 1. The maximum absolute atomic E-state index is 13.8. The first-order valence-corrected chi connectivity index (χ1v) is 15.1. The average molecular weight is 617 g/mol. The van der Waals surface area contributed by atoms with Crippen molar-refractivity contribution in [1.82, 2.24) is 20.9 Å². The summed E-state index contributed by atoms with van der Waals surface area (Å²) in [4.78, 5) is 55.0. The van der Waals surface area contributed by atoms with E-state index in [1.165, 1.54) is 19.2 Å². The average Bonchev–Trinajstić information content (AvgIpc) is 3.78. The van der Waals surface area contributed by atoms with Crippen LogP contribution in [-0.4, -0.2) is 116 Å². The molecule has 3 amide bonds. The number of Topliss-reactive ketones (excluding diaryl/α,β-unsaturated/α-hetero) is 1. The molecule has 4 rings (SSSR count). The van der Waals surface area contributed by atoms with Crippen molar-refractivity contribution < 1.29 is 43.6 Å². The van der Waals surface area contributed by atoms with Crippen molar-refractivity contribution in [3.63, 3.8) is 0 Å². The standard InChI is InChI=1S/C31H44N4O9/c1-31(19-44-31)28(39)22(14-20-6-4-3-5-7-20)33-29(40)23(15-21-8-9-26(42-2)25(37)16-21)34-30(41)24(18-36)32-27(38)17-35-10-12-43-13-11-35/h6,8-9,16,22-24,36-37H,3-5,7,10-15,17-19H2,1-2H3,(H,32,38)(H,33,40)(H,34,41)/t22-,23-,24-,31+/m0/s1. The summed E-state index contributed by atoms with van der Waals surface area (Å²) < 4.78 is 15.8. The Morgan fingerprint density at radius 2 is 1.73 bits per heavy atom. The van der Waals surface area contributed by atoms with E-state index >= 15 is 0 Å². The maximum Gasteiger partial charge on any atom is 0.245 e. The molecule has 2 aliphatic heterocycles. The number of phenolic OH excluding ortho intramolecular Hbond substituents is 1. The summed E-state index contributed by atoms with van der Waals surface area (Å²) in [5.74, 6) is -1.99. The molecule has 5 N–H and O–H groups in total. The number of amides is 3. The molecule has 0 unspecified atom stereocenters. The number of benzene rings is 1. The highest BCUT2D eigenvalue weighted by Gasteiger charge is 2.50. The summed E-state index contributed by atoms with van der Waals surface area (Å²) in [7, 11) is 1.41. The summed E-state index contributed by atoms with van der Waals surface area (Å²) in [5, 5.41) is 28.3. The summed E-state index contributed by atoms with van der Waals surface area (Å²) >= 11 is 0. The monoisotopic (exact) mass is 616 g/mol. The van der Waals surface area contributed by atoms with E-state index in [4.69, 9.17) is 14.2 Å². The maximum atomic E-state index is 13.8. The third kappa shape index (κ3) is 9.24. The molecule has 3 aliphatic rings. The van der Waals surface area contributed by atoms with Crippen LogP contribution in [0.3, 0.4) is 0 Å². The zero-order valence-electron chi connectivity index (χ0n) is 25.4. The Balaban J connectivity index is 1.50. The second-order valence-corrected chi connectivity index (χ2v) is 11.7. The fourth-order valence-electron chi connectivity index (χ4n) is 5.43. The number of carbonyl (C=O) groups excluding carboxylic acids is 4. The number of morpholine rings is 1. The molecule has 242 valence electrons. The Labute approximate surface area is 257 Å². The normalized spacial score (nSPS) is 22.1. The van der Waals surface area contributed by atoms with Gasteiger partial charge in [0, 0.05) is 19.5 Å². The molecule has 44 heavy (non-hydrogen) atoms. The van der Waals surface area contributed by atoms with Crippen LogP contribution in [0.1, 0.15) is 44.6 Å². The van der Waals surface area contributed by atoms with Crippen LogP contribution in [0.25, 0.3) is 0 Å². The van der Waals surface area contributed by atoms with Crippen LogP contribution in [0.2, 0.25) is 0 Å². The van der Waals surface area contributed by atoms with Gasteiger partial charge in [-0.3, -0.25) is 24.1 Å². The molecule has 0 spiro atoms. The van der Waals surface area contributed by atoms with E-state index in [-0.39, 0.29) is 36.9 Å². The molecule has 0 radical (unpaired) electrons. The molecule has 1 aromatic carbocycles. The Bertz CT molecular complexity index is 1230. The van der Waals surface area contributed by atoms with Crippen molar-refractivity contribution in [3.05, 3.63) is 35.4 Å².